The fraction of sp³-hybridized carbons (Fsp3) is 0.750. The fourth-order valence-corrected chi connectivity index (χ4v) is 1.62. The van der Waals surface area contributed by atoms with Crippen molar-refractivity contribution in [2.75, 3.05) is 13.1 Å². The van der Waals surface area contributed by atoms with Crippen molar-refractivity contribution in [2.24, 2.45) is 5.92 Å². The third-order valence-corrected chi connectivity index (χ3v) is 2.63. The smallest absolute Gasteiger partial charge is 0.330 e. The molecule has 0 unspecified atom stereocenters. The Bertz CT molecular complexity index is 254. The second-order valence-corrected chi connectivity index (χ2v) is 4.77. The number of hydrogen-bond donors (Lipinski definition) is 1. The molecular weight excluding hydrogens is 190 g/mol. The molecule has 15 heavy (non-hydrogen) atoms. The van der Waals surface area contributed by atoms with E-state index >= 15 is 0 Å². The van der Waals surface area contributed by atoms with Gasteiger partial charge in [0.05, 0.1) is 0 Å². The van der Waals surface area contributed by atoms with Crippen LogP contribution in [-0.2, 0) is 4.79 Å². The first-order chi connectivity index (χ1) is 7.00. The van der Waals surface area contributed by atoms with Crippen LogP contribution in [0.4, 0.5) is 0 Å². The minimum atomic E-state index is -0.810. The van der Waals surface area contributed by atoms with Crippen molar-refractivity contribution in [1.82, 2.24) is 4.90 Å². The monoisotopic (exact) mass is 211 g/mol. The normalized spacial score (nSPS) is 17.5. The SMILES string of the molecule is CC(=CCN(CC(C)C)C1CC1)C(=O)O. The van der Waals surface area contributed by atoms with Gasteiger partial charge in [0, 0.05) is 24.7 Å². The lowest BCUT2D eigenvalue weighted by molar-refractivity contribution is -0.132. The van der Waals surface area contributed by atoms with E-state index in [0.29, 0.717) is 17.5 Å². The Morgan fingerprint density at radius 1 is 1.53 bits per heavy atom. The predicted octanol–water partition coefficient (Wildman–Crippen LogP) is 2.14. The molecule has 0 atom stereocenters. The number of rotatable bonds is 6. The molecule has 0 saturated heterocycles. The average molecular weight is 211 g/mol. The molecule has 86 valence electrons. The van der Waals surface area contributed by atoms with Crippen LogP contribution in [-0.4, -0.2) is 35.1 Å². The average Bonchev–Trinajstić information content (AvgIpc) is 2.93. The minimum absolute atomic E-state index is 0.449. The van der Waals surface area contributed by atoms with Gasteiger partial charge in [-0.15, -0.1) is 0 Å². The summed E-state index contributed by atoms with van der Waals surface area (Å²) in [5, 5.41) is 8.74. The zero-order chi connectivity index (χ0) is 11.4. The zero-order valence-corrected chi connectivity index (χ0v) is 9.86. The molecule has 1 fully saturated rings. The largest absolute Gasteiger partial charge is 0.478 e. The highest BCUT2D eigenvalue weighted by Crippen LogP contribution is 2.27. The topological polar surface area (TPSA) is 40.5 Å². The van der Waals surface area contributed by atoms with Crippen molar-refractivity contribution in [3.05, 3.63) is 11.6 Å². The van der Waals surface area contributed by atoms with Crippen molar-refractivity contribution >= 4 is 5.97 Å². The van der Waals surface area contributed by atoms with Gasteiger partial charge >= 0.3 is 5.97 Å². The van der Waals surface area contributed by atoms with E-state index in [0.717, 1.165) is 13.1 Å². The van der Waals surface area contributed by atoms with Crippen LogP contribution in [0.2, 0.25) is 0 Å². The summed E-state index contributed by atoms with van der Waals surface area (Å²) < 4.78 is 0. The third-order valence-electron chi connectivity index (χ3n) is 2.63. The molecule has 1 N–H and O–H groups in total. The van der Waals surface area contributed by atoms with E-state index in [-0.39, 0.29) is 0 Å². The van der Waals surface area contributed by atoms with E-state index in [4.69, 9.17) is 5.11 Å². The molecule has 1 aliphatic rings. The number of carboxylic acids is 1. The number of carboxylic acid groups (broad SMARTS) is 1. The molecule has 0 spiro atoms. The lowest BCUT2D eigenvalue weighted by Crippen LogP contribution is -2.30. The van der Waals surface area contributed by atoms with Crippen LogP contribution < -0.4 is 0 Å². The van der Waals surface area contributed by atoms with Gasteiger partial charge in [-0.3, -0.25) is 4.90 Å². The summed E-state index contributed by atoms with van der Waals surface area (Å²) in [7, 11) is 0. The molecule has 0 radical (unpaired) electrons. The molecule has 1 rings (SSSR count). The summed E-state index contributed by atoms with van der Waals surface area (Å²) >= 11 is 0. The molecule has 0 aliphatic heterocycles. The Balaban J connectivity index is 2.44. The van der Waals surface area contributed by atoms with E-state index in [1.807, 2.05) is 6.08 Å². The Morgan fingerprint density at radius 2 is 2.13 bits per heavy atom. The summed E-state index contributed by atoms with van der Waals surface area (Å²) in [6.07, 6.45) is 4.36. The predicted molar refractivity (Wildman–Crippen MR) is 60.8 cm³/mol. The highest BCUT2D eigenvalue weighted by molar-refractivity contribution is 5.85. The molecule has 0 bridgehead atoms. The highest BCUT2D eigenvalue weighted by Gasteiger charge is 2.28. The van der Waals surface area contributed by atoms with Gasteiger partial charge in [-0.2, -0.15) is 0 Å². The van der Waals surface area contributed by atoms with Gasteiger partial charge in [0.1, 0.15) is 0 Å². The maximum atomic E-state index is 10.6. The van der Waals surface area contributed by atoms with Crippen LogP contribution in [0.1, 0.15) is 33.6 Å². The van der Waals surface area contributed by atoms with Crippen LogP contribution in [0.3, 0.4) is 0 Å². The van der Waals surface area contributed by atoms with Gasteiger partial charge in [0.15, 0.2) is 0 Å². The zero-order valence-electron chi connectivity index (χ0n) is 9.86. The number of hydrogen-bond acceptors (Lipinski definition) is 2. The lowest BCUT2D eigenvalue weighted by Gasteiger charge is -2.22. The number of nitrogens with zero attached hydrogens (tertiary/aromatic N) is 1. The Hall–Kier alpha value is -0.830. The van der Waals surface area contributed by atoms with E-state index in [1.165, 1.54) is 12.8 Å². The second kappa shape index (κ2) is 5.31. The molecular formula is C12H21NO2. The fourth-order valence-electron chi connectivity index (χ4n) is 1.62. The maximum Gasteiger partial charge on any atom is 0.330 e. The molecule has 1 saturated carbocycles. The van der Waals surface area contributed by atoms with Gasteiger partial charge in [0.2, 0.25) is 0 Å². The summed E-state index contributed by atoms with van der Waals surface area (Å²) in [5.74, 6) is -0.167. The van der Waals surface area contributed by atoms with Crippen LogP contribution in [0, 0.1) is 5.92 Å². The van der Waals surface area contributed by atoms with Gasteiger partial charge in [-0.05, 0) is 25.7 Å². The Morgan fingerprint density at radius 3 is 2.53 bits per heavy atom. The molecule has 0 heterocycles. The van der Waals surface area contributed by atoms with Crippen LogP contribution in [0.25, 0.3) is 0 Å². The highest BCUT2D eigenvalue weighted by atomic mass is 16.4. The summed E-state index contributed by atoms with van der Waals surface area (Å²) in [6, 6.07) is 0.699. The van der Waals surface area contributed by atoms with Crippen molar-refractivity contribution in [3.8, 4) is 0 Å². The molecule has 0 aromatic rings. The summed E-state index contributed by atoms with van der Waals surface area (Å²) in [4.78, 5) is 13.0. The molecule has 3 nitrogen and oxygen atoms in total. The van der Waals surface area contributed by atoms with Crippen molar-refractivity contribution in [2.45, 2.75) is 39.7 Å². The Labute approximate surface area is 91.8 Å². The molecule has 0 amide bonds. The third kappa shape index (κ3) is 4.47. The summed E-state index contributed by atoms with van der Waals surface area (Å²) in [5.41, 5.74) is 0.449. The van der Waals surface area contributed by atoms with Crippen molar-refractivity contribution in [1.29, 1.82) is 0 Å². The molecule has 3 heteroatoms. The van der Waals surface area contributed by atoms with Crippen LogP contribution in [0.5, 0.6) is 0 Å². The molecule has 0 aromatic carbocycles. The quantitative estimate of drug-likeness (QED) is 0.684. The first-order valence-corrected chi connectivity index (χ1v) is 5.64. The standard InChI is InChI=1S/C12H21NO2/c1-9(2)8-13(11-4-5-11)7-6-10(3)12(14)15/h6,9,11H,4-5,7-8H2,1-3H3,(H,14,15). The van der Waals surface area contributed by atoms with Crippen molar-refractivity contribution < 1.29 is 9.90 Å². The van der Waals surface area contributed by atoms with E-state index in [9.17, 15) is 4.79 Å². The maximum absolute atomic E-state index is 10.6. The van der Waals surface area contributed by atoms with Gasteiger partial charge in [-0.25, -0.2) is 4.79 Å². The van der Waals surface area contributed by atoms with Crippen molar-refractivity contribution in [3.63, 3.8) is 0 Å². The van der Waals surface area contributed by atoms with Gasteiger partial charge in [-0.1, -0.05) is 19.9 Å². The second-order valence-electron chi connectivity index (χ2n) is 4.77. The Kier molecular flexibility index (Phi) is 4.33. The van der Waals surface area contributed by atoms with Gasteiger partial charge in [0.25, 0.3) is 0 Å². The lowest BCUT2D eigenvalue weighted by atomic mass is 10.2. The van der Waals surface area contributed by atoms with E-state index in [2.05, 4.69) is 18.7 Å². The number of carbonyl (C=O) groups is 1. The van der Waals surface area contributed by atoms with E-state index in [1.54, 1.807) is 6.92 Å². The first-order valence-electron chi connectivity index (χ1n) is 5.64. The van der Waals surface area contributed by atoms with Crippen LogP contribution >= 0.6 is 0 Å². The first kappa shape index (κ1) is 12.2. The summed E-state index contributed by atoms with van der Waals surface area (Å²) in [6.45, 7) is 7.89. The van der Waals surface area contributed by atoms with Gasteiger partial charge < -0.3 is 5.11 Å². The minimum Gasteiger partial charge on any atom is -0.478 e. The molecule has 0 aromatic heterocycles. The van der Waals surface area contributed by atoms with Crippen LogP contribution in [0.15, 0.2) is 11.6 Å². The molecule has 1 aliphatic carbocycles. The number of aliphatic carboxylic acids is 1. The van der Waals surface area contributed by atoms with E-state index < -0.39 is 5.97 Å².